The first-order chi connectivity index (χ1) is 11.6. The quantitative estimate of drug-likeness (QED) is 0.551. The van der Waals surface area contributed by atoms with Gasteiger partial charge in [0.2, 0.25) is 0 Å². The summed E-state index contributed by atoms with van der Waals surface area (Å²) in [6.07, 6.45) is 5.36. The SMILES string of the molecule is C/C(=N\NC(=O)c1ccc(Br)cc1)c1ccc(-n2ccnc2)cc1. The third-order valence-electron chi connectivity index (χ3n) is 3.52. The van der Waals surface area contributed by atoms with Crippen molar-refractivity contribution in [3.63, 3.8) is 0 Å². The topological polar surface area (TPSA) is 59.3 Å². The Morgan fingerprint density at radius 1 is 1.08 bits per heavy atom. The lowest BCUT2D eigenvalue weighted by atomic mass is 10.1. The number of carbonyl (C=O) groups excluding carboxylic acids is 1. The number of carbonyl (C=O) groups is 1. The van der Waals surface area contributed by atoms with Crippen LogP contribution < -0.4 is 5.43 Å². The third-order valence-corrected chi connectivity index (χ3v) is 4.05. The Morgan fingerprint density at radius 2 is 1.75 bits per heavy atom. The molecule has 0 atom stereocenters. The van der Waals surface area contributed by atoms with Gasteiger partial charge in [-0.05, 0) is 48.9 Å². The monoisotopic (exact) mass is 382 g/mol. The average Bonchev–Trinajstić information content (AvgIpc) is 3.15. The minimum absolute atomic E-state index is 0.239. The number of imidazole rings is 1. The molecule has 1 aromatic heterocycles. The summed E-state index contributed by atoms with van der Waals surface area (Å²) >= 11 is 3.34. The molecule has 0 bridgehead atoms. The Labute approximate surface area is 148 Å². The van der Waals surface area contributed by atoms with E-state index in [9.17, 15) is 4.79 Å². The van der Waals surface area contributed by atoms with Crippen LogP contribution in [0.15, 0.2) is 76.8 Å². The predicted octanol–water partition coefficient (Wildman–Crippen LogP) is 3.79. The standard InChI is InChI=1S/C18H15BrN4O/c1-13(21-22-18(24)15-2-6-16(19)7-3-15)14-4-8-17(9-5-14)23-11-10-20-12-23/h2-12H,1H3,(H,22,24)/b21-13+. The van der Waals surface area contributed by atoms with Crippen LogP contribution in [-0.2, 0) is 0 Å². The first kappa shape index (κ1) is 16.1. The molecule has 2 aromatic carbocycles. The van der Waals surface area contributed by atoms with Crippen LogP contribution in [0.3, 0.4) is 0 Å². The highest BCUT2D eigenvalue weighted by Gasteiger charge is 2.05. The van der Waals surface area contributed by atoms with Crippen molar-refractivity contribution < 1.29 is 4.79 Å². The molecule has 6 heteroatoms. The molecule has 0 spiro atoms. The fourth-order valence-corrected chi connectivity index (χ4v) is 2.42. The number of aromatic nitrogens is 2. The van der Waals surface area contributed by atoms with Crippen molar-refractivity contribution in [1.29, 1.82) is 0 Å². The van der Waals surface area contributed by atoms with Crippen LogP contribution in [0.1, 0.15) is 22.8 Å². The second-order valence-corrected chi connectivity index (χ2v) is 6.08. The number of hydrogen-bond donors (Lipinski definition) is 1. The van der Waals surface area contributed by atoms with E-state index in [2.05, 4.69) is 31.4 Å². The Kier molecular flexibility index (Phi) is 4.86. The molecule has 1 amide bonds. The van der Waals surface area contributed by atoms with E-state index >= 15 is 0 Å². The van der Waals surface area contributed by atoms with Crippen molar-refractivity contribution in [3.05, 3.63) is 82.9 Å². The number of nitrogens with one attached hydrogen (secondary N) is 1. The summed E-state index contributed by atoms with van der Waals surface area (Å²) in [5.74, 6) is -0.239. The van der Waals surface area contributed by atoms with Gasteiger partial charge in [-0.3, -0.25) is 4.79 Å². The van der Waals surface area contributed by atoms with Crippen LogP contribution in [0.5, 0.6) is 0 Å². The highest BCUT2D eigenvalue weighted by atomic mass is 79.9. The summed E-state index contributed by atoms with van der Waals surface area (Å²) in [5, 5.41) is 4.17. The van der Waals surface area contributed by atoms with Gasteiger partial charge in [-0.15, -0.1) is 0 Å². The summed E-state index contributed by atoms with van der Waals surface area (Å²) in [6.45, 7) is 1.86. The zero-order valence-electron chi connectivity index (χ0n) is 13.0. The second-order valence-electron chi connectivity index (χ2n) is 5.16. The number of halogens is 1. The highest BCUT2D eigenvalue weighted by molar-refractivity contribution is 9.10. The van der Waals surface area contributed by atoms with Gasteiger partial charge in [-0.1, -0.05) is 28.1 Å². The minimum Gasteiger partial charge on any atom is -0.306 e. The van der Waals surface area contributed by atoms with Gasteiger partial charge in [0.15, 0.2) is 0 Å². The Balaban J connectivity index is 1.69. The van der Waals surface area contributed by atoms with Crippen LogP contribution >= 0.6 is 15.9 Å². The number of hydrazone groups is 1. The van der Waals surface area contributed by atoms with E-state index in [-0.39, 0.29) is 5.91 Å². The molecular weight excluding hydrogens is 368 g/mol. The average molecular weight is 383 g/mol. The summed E-state index contributed by atoms with van der Waals surface area (Å²) in [7, 11) is 0. The van der Waals surface area contributed by atoms with Gasteiger partial charge in [-0.25, -0.2) is 10.4 Å². The molecule has 0 aliphatic heterocycles. The molecule has 3 rings (SSSR count). The zero-order chi connectivity index (χ0) is 16.9. The number of rotatable bonds is 4. The third kappa shape index (κ3) is 3.78. The van der Waals surface area contributed by atoms with E-state index in [1.54, 1.807) is 24.7 Å². The Bertz CT molecular complexity index is 853. The fourth-order valence-electron chi connectivity index (χ4n) is 2.15. The van der Waals surface area contributed by atoms with Gasteiger partial charge in [0.1, 0.15) is 0 Å². The summed E-state index contributed by atoms with van der Waals surface area (Å²) in [5.41, 5.74) is 5.83. The second kappa shape index (κ2) is 7.23. The molecule has 0 saturated heterocycles. The van der Waals surface area contributed by atoms with Crippen LogP contribution in [0.4, 0.5) is 0 Å². The lowest BCUT2D eigenvalue weighted by Crippen LogP contribution is -2.19. The molecule has 0 aliphatic carbocycles. The molecule has 0 saturated carbocycles. The number of amides is 1. The molecule has 0 unspecified atom stereocenters. The minimum atomic E-state index is -0.239. The van der Waals surface area contributed by atoms with Gasteiger partial charge < -0.3 is 4.57 Å². The van der Waals surface area contributed by atoms with Gasteiger partial charge in [0.25, 0.3) is 5.91 Å². The molecule has 0 fully saturated rings. The van der Waals surface area contributed by atoms with Crippen molar-refractivity contribution in [2.75, 3.05) is 0 Å². The van der Waals surface area contributed by atoms with Crippen molar-refractivity contribution in [1.82, 2.24) is 15.0 Å². The first-order valence-electron chi connectivity index (χ1n) is 7.32. The number of nitrogens with zero attached hydrogens (tertiary/aromatic N) is 3. The number of benzene rings is 2. The van der Waals surface area contributed by atoms with Crippen molar-refractivity contribution in [2.24, 2.45) is 5.10 Å². The van der Waals surface area contributed by atoms with Gasteiger partial charge in [0, 0.05) is 28.1 Å². The maximum atomic E-state index is 12.1. The molecule has 24 heavy (non-hydrogen) atoms. The highest BCUT2D eigenvalue weighted by Crippen LogP contribution is 2.11. The van der Waals surface area contributed by atoms with E-state index in [1.807, 2.05) is 54.1 Å². The van der Waals surface area contributed by atoms with Gasteiger partial charge in [0.05, 0.1) is 12.0 Å². The lowest BCUT2D eigenvalue weighted by molar-refractivity contribution is 0.0955. The van der Waals surface area contributed by atoms with Crippen LogP contribution in [0, 0.1) is 0 Å². The van der Waals surface area contributed by atoms with Crippen LogP contribution in [-0.4, -0.2) is 21.2 Å². The summed E-state index contributed by atoms with van der Waals surface area (Å²) in [4.78, 5) is 16.1. The lowest BCUT2D eigenvalue weighted by Gasteiger charge is -2.05. The van der Waals surface area contributed by atoms with Crippen molar-refractivity contribution in [2.45, 2.75) is 6.92 Å². The molecule has 3 aromatic rings. The molecule has 120 valence electrons. The van der Waals surface area contributed by atoms with Gasteiger partial charge >= 0.3 is 0 Å². The fraction of sp³-hybridized carbons (Fsp3) is 0.0556. The maximum absolute atomic E-state index is 12.1. The predicted molar refractivity (Wildman–Crippen MR) is 97.4 cm³/mol. The zero-order valence-corrected chi connectivity index (χ0v) is 14.6. The molecule has 1 heterocycles. The Morgan fingerprint density at radius 3 is 2.38 bits per heavy atom. The van der Waals surface area contributed by atoms with E-state index < -0.39 is 0 Å². The van der Waals surface area contributed by atoms with Crippen molar-refractivity contribution in [3.8, 4) is 5.69 Å². The molecule has 0 aliphatic rings. The largest absolute Gasteiger partial charge is 0.306 e. The summed E-state index contributed by atoms with van der Waals surface area (Å²) in [6, 6.07) is 15.0. The number of hydrogen-bond acceptors (Lipinski definition) is 3. The van der Waals surface area contributed by atoms with Crippen LogP contribution in [0.2, 0.25) is 0 Å². The normalized spacial score (nSPS) is 11.3. The molecule has 1 N–H and O–H groups in total. The Hall–Kier alpha value is -2.73. The van der Waals surface area contributed by atoms with E-state index in [1.165, 1.54) is 0 Å². The summed E-state index contributed by atoms with van der Waals surface area (Å²) < 4.78 is 2.85. The smallest absolute Gasteiger partial charge is 0.271 e. The van der Waals surface area contributed by atoms with E-state index in [0.29, 0.717) is 5.56 Å². The molecular formula is C18H15BrN4O. The van der Waals surface area contributed by atoms with Gasteiger partial charge in [-0.2, -0.15) is 5.10 Å². The maximum Gasteiger partial charge on any atom is 0.271 e. The van der Waals surface area contributed by atoms with Crippen LogP contribution in [0.25, 0.3) is 5.69 Å². The first-order valence-corrected chi connectivity index (χ1v) is 8.12. The van der Waals surface area contributed by atoms with Crippen molar-refractivity contribution >= 4 is 27.5 Å². The molecule has 0 radical (unpaired) electrons. The van der Waals surface area contributed by atoms with E-state index in [4.69, 9.17) is 0 Å². The molecule has 5 nitrogen and oxygen atoms in total. The van der Waals surface area contributed by atoms with E-state index in [0.717, 1.165) is 21.4 Å².